The van der Waals surface area contributed by atoms with Crippen LogP contribution in [-0.4, -0.2) is 18.4 Å². The smallest absolute Gasteiger partial charge is 0.150 e. The maximum Gasteiger partial charge on any atom is 0.150 e. The third kappa shape index (κ3) is 3.90. The van der Waals surface area contributed by atoms with Gasteiger partial charge in [0.1, 0.15) is 5.78 Å². The number of Topliss-reactive ketones (excluding diaryl/α,β-unsaturated/α-hetero) is 1. The van der Waals surface area contributed by atoms with E-state index in [1.54, 1.807) is 0 Å². The average Bonchev–Trinajstić information content (AvgIpc) is 2.03. The Kier molecular flexibility index (Phi) is 3.48. The van der Waals surface area contributed by atoms with E-state index in [9.17, 15) is 4.79 Å². The molecule has 1 fully saturated rings. The second-order valence-electron chi connectivity index (χ2n) is 5.21. The van der Waals surface area contributed by atoms with Gasteiger partial charge in [-0.2, -0.15) is 0 Å². The molecule has 1 atom stereocenters. The Morgan fingerprint density at radius 3 is 2.54 bits per heavy atom. The molecule has 1 N–H and O–H groups in total. The van der Waals surface area contributed by atoms with Gasteiger partial charge in [0.25, 0.3) is 0 Å². The van der Waals surface area contributed by atoms with E-state index in [1.165, 1.54) is 12.8 Å². The van der Waals surface area contributed by atoms with Crippen molar-refractivity contribution in [2.24, 2.45) is 5.41 Å². The largest absolute Gasteiger partial charge is 0.307 e. The highest BCUT2D eigenvalue weighted by atomic mass is 16.1. The Morgan fingerprint density at radius 1 is 1.38 bits per heavy atom. The van der Waals surface area contributed by atoms with Crippen LogP contribution in [0.3, 0.4) is 0 Å². The first-order valence-corrected chi connectivity index (χ1v) is 5.25. The molecule has 1 saturated heterocycles. The molecule has 0 amide bonds. The van der Waals surface area contributed by atoms with Crippen LogP contribution in [0.2, 0.25) is 0 Å². The molecule has 13 heavy (non-hydrogen) atoms. The van der Waals surface area contributed by atoms with Gasteiger partial charge in [0, 0.05) is 6.42 Å². The lowest BCUT2D eigenvalue weighted by molar-refractivity contribution is -0.123. The Labute approximate surface area is 81.1 Å². The van der Waals surface area contributed by atoms with Gasteiger partial charge in [-0.1, -0.05) is 27.2 Å². The number of carbonyl (C=O) groups is 1. The summed E-state index contributed by atoms with van der Waals surface area (Å²) in [5.74, 6) is 0.396. The third-order valence-electron chi connectivity index (χ3n) is 2.40. The molecule has 2 heteroatoms. The molecule has 0 spiro atoms. The molecule has 0 bridgehead atoms. The van der Waals surface area contributed by atoms with E-state index < -0.39 is 0 Å². The predicted molar refractivity (Wildman–Crippen MR) is 54.7 cm³/mol. The summed E-state index contributed by atoms with van der Waals surface area (Å²) < 4.78 is 0. The molecular weight excluding hydrogens is 162 g/mol. The lowest BCUT2D eigenvalue weighted by Crippen LogP contribution is -2.41. The fourth-order valence-corrected chi connectivity index (χ4v) is 1.77. The van der Waals surface area contributed by atoms with Crippen LogP contribution >= 0.6 is 0 Å². The quantitative estimate of drug-likeness (QED) is 0.710. The van der Waals surface area contributed by atoms with E-state index in [0.717, 1.165) is 13.0 Å². The van der Waals surface area contributed by atoms with Crippen LogP contribution in [0, 0.1) is 5.41 Å². The molecule has 0 aromatic heterocycles. The number of carbonyl (C=O) groups excluding carboxylic acids is 1. The SMILES string of the molecule is CC(C)(C)CC(=O)C1CCCCN1. The molecule has 1 rings (SSSR count). The summed E-state index contributed by atoms with van der Waals surface area (Å²) in [5, 5.41) is 3.29. The Morgan fingerprint density at radius 2 is 2.08 bits per heavy atom. The van der Waals surface area contributed by atoms with Gasteiger partial charge in [-0.3, -0.25) is 4.79 Å². The summed E-state index contributed by atoms with van der Waals surface area (Å²) in [7, 11) is 0. The molecule has 1 heterocycles. The maximum atomic E-state index is 11.8. The summed E-state index contributed by atoms with van der Waals surface area (Å²) >= 11 is 0. The number of rotatable bonds is 2. The lowest BCUT2D eigenvalue weighted by atomic mass is 9.86. The summed E-state index contributed by atoms with van der Waals surface area (Å²) in [6, 6.07) is 0.146. The highest BCUT2D eigenvalue weighted by molar-refractivity contribution is 5.84. The minimum Gasteiger partial charge on any atom is -0.307 e. The zero-order valence-electron chi connectivity index (χ0n) is 9.02. The molecule has 1 aliphatic rings. The number of nitrogens with one attached hydrogen (secondary N) is 1. The van der Waals surface area contributed by atoms with Crippen molar-refractivity contribution in [1.82, 2.24) is 5.32 Å². The van der Waals surface area contributed by atoms with E-state index in [0.29, 0.717) is 12.2 Å². The first kappa shape index (κ1) is 10.7. The summed E-state index contributed by atoms with van der Waals surface area (Å²) in [5.41, 5.74) is 0.135. The van der Waals surface area contributed by atoms with E-state index in [1.807, 2.05) is 0 Å². The van der Waals surface area contributed by atoms with E-state index in [4.69, 9.17) is 0 Å². The molecule has 76 valence electrons. The van der Waals surface area contributed by atoms with Crippen molar-refractivity contribution in [3.63, 3.8) is 0 Å². The van der Waals surface area contributed by atoms with Gasteiger partial charge in [0.05, 0.1) is 6.04 Å². The molecule has 1 unspecified atom stereocenters. The molecule has 2 nitrogen and oxygen atoms in total. The molecule has 0 aromatic carbocycles. The zero-order chi connectivity index (χ0) is 9.90. The van der Waals surface area contributed by atoms with Crippen LogP contribution in [0.5, 0.6) is 0 Å². The molecule has 0 aromatic rings. The number of hydrogen-bond acceptors (Lipinski definition) is 2. The van der Waals surface area contributed by atoms with Crippen LogP contribution < -0.4 is 5.32 Å². The predicted octanol–water partition coefficient (Wildman–Crippen LogP) is 2.13. The molecule has 1 aliphatic heterocycles. The Bertz CT molecular complexity index is 175. The maximum absolute atomic E-state index is 11.8. The first-order valence-electron chi connectivity index (χ1n) is 5.25. The minimum absolute atomic E-state index is 0.135. The molecular formula is C11H21NO. The van der Waals surface area contributed by atoms with Gasteiger partial charge < -0.3 is 5.32 Å². The van der Waals surface area contributed by atoms with Crippen molar-refractivity contribution < 1.29 is 4.79 Å². The third-order valence-corrected chi connectivity index (χ3v) is 2.40. The summed E-state index contributed by atoms with van der Waals surface area (Å²) in [6.45, 7) is 7.37. The molecule has 0 aliphatic carbocycles. The number of ketones is 1. The van der Waals surface area contributed by atoms with Crippen molar-refractivity contribution in [2.45, 2.75) is 52.5 Å². The van der Waals surface area contributed by atoms with Crippen LogP contribution in [0.1, 0.15) is 46.5 Å². The van der Waals surface area contributed by atoms with Crippen molar-refractivity contribution in [1.29, 1.82) is 0 Å². The van der Waals surface area contributed by atoms with Crippen LogP contribution in [0.25, 0.3) is 0 Å². The molecule has 0 saturated carbocycles. The highest BCUT2D eigenvalue weighted by Crippen LogP contribution is 2.21. The molecule has 0 radical (unpaired) electrons. The van der Waals surface area contributed by atoms with Gasteiger partial charge in [-0.25, -0.2) is 0 Å². The van der Waals surface area contributed by atoms with Crippen molar-refractivity contribution in [2.75, 3.05) is 6.54 Å². The van der Waals surface area contributed by atoms with Crippen LogP contribution in [0.4, 0.5) is 0 Å². The zero-order valence-corrected chi connectivity index (χ0v) is 9.02. The first-order chi connectivity index (χ1) is 5.99. The monoisotopic (exact) mass is 183 g/mol. The Hall–Kier alpha value is -0.370. The summed E-state index contributed by atoms with van der Waals surface area (Å²) in [4.78, 5) is 11.8. The van der Waals surface area contributed by atoms with Crippen molar-refractivity contribution in [3.8, 4) is 0 Å². The fraction of sp³-hybridized carbons (Fsp3) is 0.909. The normalized spacial score (nSPS) is 24.4. The summed E-state index contributed by atoms with van der Waals surface area (Å²) in [6.07, 6.45) is 4.16. The van der Waals surface area contributed by atoms with Gasteiger partial charge >= 0.3 is 0 Å². The van der Waals surface area contributed by atoms with E-state index in [-0.39, 0.29) is 11.5 Å². The van der Waals surface area contributed by atoms with Crippen LogP contribution in [-0.2, 0) is 4.79 Å². The second kappa shape index (κ2) is 4.23. The second-order valence-corrected chi connectivity index (χ2v) is 5.21. The van der Waals surface area contributed by atoms with Gasteiger partial charge in [0.15, 0.2) is 0 Å². The van der Waals surface area contributed by atoms with Crippen molar-refractivity contribution in [3.05, 3.63) is 0 Å². The highest BCUT2D eigenvalue weighted by Gasteiger charge is 2.24. The van der Waals surface area contributed by atoms with Crippen LogP contribution in [0.15, 0.2) is 0 Å². The van der Waals surface area contributed by atoms with Gasteiger partial charge in [-0.05, 0) is 24.8 Å². The van der Waals surface area contributed by atoms with E-state index in [2.05, 4.69) is 26.1 Å². The number of piperidine rings is 1. The average molecular weight is 183 g/mol. The topological polar surface area (TPSA) is 29.1 Å². The van der Waals surface area contributed by atoms with E-state index >= 15 is 0 Å². The standard InChI is InChI=1S/C11H21NO/c1-11(2,3)8-10(13)9-6-4-5-7-12-9/h9,12H,4-8H2,1-3H3. The number of hydrogen-bond donors (Lipinski definition) is 1. The lowest BCUT2D eigenvalue weighted by Gasteiger charge is -2.25. The minimum atomic E-state index is 0.135. The Balaban J connectivity index is 2.38. The van der Waals surface area contributed by atoms with Gasteiger partial charge in [0.2, 0.25) is 0 Å². The van der Waals surface area contributed by atoms with Gasteiger partial charge in [-0.15, -0.1) is 0 Å². The van der Waals surface area contributed by atoms with Crippen molar-refractivity contribution >= 4 is 5.78 Å². The fourth-order valence-electron chi connectivity index (χ4n) is 1.77.